The third-order valence-corrected chi connectivity index (χ3v) is 7.92. The van der Waals surface area contributed by atoms with Gasteiger partial charge in [-0.2, -0.15) is 13.2 Å². The number of nitrogens with zero attached hydrogens (tertiary/aromatic N) is 3. The van der Waals surface area contributed by atoms with Crippen molar-refractivity contribution in [2.75, 3.05) is 50.7 Å². The second kappa shape index (κ2) is 13.6. The fraction of sp³-hybridized carbons (Fsp3) is 0.552. The normalized spacial score (nSPS) is 19.3. The topological polar surface area (TPSA) is 26.8 Å². The molecule has 2 aliphatic rings. The highest BCUT2D eigenvalue weighted by Crippen LogP contribution is 2.37. The predicted molar refractivity (Wildman–Crippen MR) is 147 cm³/mol. The van der Waals surface area contributed by atoms with Crippen molar-refractivity contribution >= 4 is 23.4 Å². The highest BCUT2D eigenvalue weighted by atomic mass is 32.2. The van der Waals surface area contributed by atoms with Crippen molar-refractivity contribution in [3.8, 4) is 0 Å². The Balaban J connectivity index is 0.00000380. The van der Waals surface area contributed by atoms with Gasteiger partial charge in [0.15, 0.2) is 0 Å². The number of amides is 1. The summed E-state index contributed by atoms with van der Waals surface area (Å²) >= 11 is -0.0819. The van der Waals surface area contributed by atoms with Crippen LogP contribution < -0.4 is 4.90 Å². The third kappa shape index (κ3) is 9.25. The Hall–Kier alpha value is -2.19. The molecular weight excluding hydrogens is 495 g/mol. The summed E-state index contributed by atoms with van der Waals surface area (Å²) in [5.74, 6) is 0.571. The molecule has 1 atom stereocenters. The molecule has 2 fully saturated rings. The first kappa shape index (κ1) is 29.4. The Labute approximate surface area is 224 Å². The molecule has 0 spiro atoms. The molecule has 2 aliphatic heterocycles. The van der Waals surface area contributed by atoms with E-state index in [-0.39, 0.29) is 30.0 Å². The SMILES string of the molecule is C.Cc1ccc(N2CCCN(CCC(=O)N3CCC[C@H](Cc4ccc(SC(F)(F)F)cc4)C3)CC2)cc1. The van der Waals surface area contributed by atoms with Crippen LogP contribution in [-0.2, 0) is 11.2 Å². The van der Waals surface area contributed by atoms with Gasteiger partial charge in [0.25, 0.3) is 0 Å². The van der Waals surface area contributed by atoms with Gasteiger partial charge in [-0.3, -0.25) is 4.79 Å². The number of benzene rings is 2. The van der Waals surface area contributed by atoms with Crippen LogP contribution in [0.15, 0.2) is 53.4 Å². The molecule has 4 nitrogen and oxygen atoms in total. The molecule has 0 saturated carbocycles. The van der Waals surface area contributed by atoms with Crippen molar-refractivity contribution in [2.24, 2.45) is 5.92 Å². The minimum atomic E-state index is -4.26. The molecule has 0 aliphatic carbocycles. The Morgan fingerprint density at radius 1 is 0.946 bits per heavy atom. The summed E-state index contributed by atoms with van der Waals surface area (Å²) in [5.41, 5.74) is -0.693. The van der Waals surface area contributed by atoms with E-state index in [0.717, 1.165) is 77.1 Å². The van der Waals surface area contributed by atoms with Crippen LogP contribution in [0.3, 0.4) is 0 Å². The summed E-state index contributed by atoms with van der Waals surface area (Å²) in [7, 11) is 0. The molecule has 0 unspecified atom stereocenters. The van der Waals surface area contributed by atoms with Crippen molar-refractivity contribution in [2.45, 2.75) is 56.9 Å². The Kier molecular flexibility index (Phi) is 10.8. The molecule has 204 valence electrons. The van der Waals surface area contributed by atoms with Gasteiger partial charge >= 0.3 is 5.51 Å². The summed E-state index contributed by atoms with van der Waals surface area (Å²) in [6.07, 6.45) is 4.45. The standard InChI is InChI=1S/C28H36F3N3OS.CH4/c1-22-5-9-25(10-6-22)33-16-3-14-32(18-19-33)17-13-27(35)34-15-2-4-24(21-34)20-23-7-11-26(12-8-23)36-28(29,30)31;/h5-12,24H,2-4,13-21H2,1H3;1H4/t24-;/m1./s1. The number of hydrogen-bond acceptors (Lipinski definition) is 4. The zero-order valence-corrected chi connectivity index (χ0v) is 21.8. The fourth-order valence-electron chi connectivity index (χ4n) is 5.24. The van der Waals surface area contributed by atoms with Crippen LogP contribution in [0.2, 0.25) is 0 Å². The first-order chi connectivity index (χ1) is 17.2. The fourth-order valence-corrected chi connectivity index (χ4v) is 5.78. The van der Waals surface area contributed by atoms with Crippen molar-refractivity contribution in [3.05, 3.63) is 59.7 Å². The van der Waals surface area contributed by atoms with E-state index in [1.54, 1.807) is 24.3 Å². The van der Waals surface area contributed by atoms with Gasteiger partial charge in [-0.25, -0.2) is 0 Å². The Morgan fingerprint density at radius 3 is 2.38 bits per heavy atom. The van der Waals surface area contributed by atoms with Gasteiger partial charge in [-0.15, -0.1) is 0 Å². The van der Waals surface area contributed by atoms with Crippen LogP contribution >= 0.6 is 11.8 Å². The van der Waals surface area contributed by atoms with Crippen LogP contribution in [0, 0.1) is 12.8 Å². The first-order valence-corrected chi connectivity index (χ1v) is 13.7. The number of aryl methyl sites for hydroxylation is 1. The molecule has 1 amide bonds. The molecule has 0 aromatic heterocycles. The lowest BCUT2D eigenvalue weighted by atomic mass is 9.91. The minimum absolute atomic E-state index is 0. The number of rotatable bonds is 7. The average Bonchev–Trinajstić information content (AvgIpc) is 3.09. The number of thioether (sulfide) groups is 1. The zero-order chi connectivity index (χ0) is 25.5. The van der Waals surface area contributed by atoms with Crippen LogP contribution in [-0.4, -0.2) is 67.0 Å². The van der Waals surface area contributed by atoms with Gasteiger partial charge in [-0.1, -0.05) is 37.3 Å². The molecule has 0 radical (unpaired) electrons. The second-order valence-corrected chi connectivity index (χ2v) is 11.2. The zero-order valence-electron chi connectivity index (χ0n) is 21.0. The molecule has 8 heteroatoms. The predicted octanol–water partition coefficient (Wildman–Crippen LogP) is 6.63. The van der Waals surface area contributed by atoms with Crippen molar-refractivity contribution < 1.29 is 18.0 Å². The van der Waals surface area contributed by atoms with Crippen molar-refractivity contribution in [1.29, 1.82) is 0 Å². The van der Waals surface area contributed by atoms with Gasteiger partial charge in [0, 0.05) is 56.3 Å². The number of halogens is 3. The van der Waals surface area contributed by atoms with E-state index in [0.29, 0.717) is 12.3 Å². The van der Waals surface area contributed by atoms with Crippen LogP contribution in [0.1, 0.15) is 44.2 Å². The molecule has 4 rings (SSSR count). The molecule has 2 aromatic carbocycles. The summed E-state index contributed by atoms with van der Waals surface area (Å²) in [4.78, 5) is 20.1. The van der Waals surface area contributed by atoms with Crippen LogP contribution in [0.5, 0.6) is 0 Å². The molecule has 2 saturated heterocycles. The smallest absolute Gasteiger partial charge is 0.370 e. The first-order valence-electron chi connectivity index (χ1n) is 12.9. The van der Waals surface area contributed by atoms with E-state index in [2.05, 4.69) is 41.0 Å². The summed E-state index contributed by atoms with van der Waals surface area (Å²) in [6.45, 7) is 8.43. The lowest BCUT2D eigenvalue weighted by Gasteiger charge is -2.33. The van der Waals surface area contributed by atoms with E-state index in [1.807, 2.05) is 4.90 Å². The van der Waals surface area contributed by atoms with Crippen molar-refractivity contribution in [3.63, 3.8) is 0 Å². The lowest BCUT2D eigenvalue weighted by Crippen LogP contribution is -2.42. The maximum atomic E-state index is 13.0. The molecule has 2 heterocycles. The Morgan fingerprint density at radius 2 is 1.68 bits per heavy atom. The molecule has 37 heavy (non-hydrogen) atoms. The summed E-state index contributed by atoms with van der Waals surface area (Å²) < 4.78 is 37.7. The minimum Gasteiger partial charge on any atom is -0.370 e. The van der Waals surface area contributed by atoms with E-state index in [9.17, 15) is 18.0 Å². The van der Waals surface area contributed by atoms with E-state index in [4.69, 9.17) is 0 Å². The van der Waals surface area contributed by atoms with Crippen LogP contribution in [0.25, 0.3) is 0 Å². The van der Waals surface area contributed by atoms with Gasteiger partial charge < -0.3 is 14.7 Å². The largest absolute Gasteiger partial charge is 0.446 e. The maximum Gasteiger partial charge on any atom is 0.446 e. The average molecular weight is 536 g/mol. The van der Waals surface area contributed by atoms with E-state index >= 15 is 0 Å². The molecule has 0 bridgehead atoms. The quantitative estimate of drug-likeness (QED) is 0.372. The maximum absolute atomic E-state index is 13.0. The monoisotopic (exact) mass is 535 g/mol. The number of likely N-dealkylation sites (tertiary alicyclic amines) is 1. The summed E-state index contributed by atoms with van der Waals surface area (Å²) in [6, 6.07) is 15.4. The highest BCUT2D eigenvalue weighted by Gasteiger charge is 2.29. The second-order valence-electron chi connectivity index (χ2n) is 10.0. The van der Waals surface area contributed by atoms with Gasteiger partial charge in [0.2, 0.25) is 5.91 Å². The number of hydrogen-bond donors (Lipinski definition) is 0. The molecular formula is C29H40F3N3OS. The van der Waals surface area contributed by atoms with E-state index < -0.39 is 5.51 Å². The number of carbonyl (C=O) groups excluding carboxylic acids is 1. The highest BCUT2D eigenvalue weighted by molar-refractivity contribution is 8.00. The third-order valence-electron chi connectivity index (χ3n) is 7.18. The number of carbonyl (C=O) groups is 1. The Bertz CT molecular complexity index is 981. The number of anilines is 1. The van der Waals surface area contributed by atoms with Gasteiger partial charge in [0.05, 0.1) is 0 Å². The number of alkyl halides is 3. The van der Waals surface area contributed by atoms with Gasteiger partial charge in [-0.05, 0) is 86.7 Å². The van der Waals surface area contributed by atoms with E-state index in [1.165, 1.54) is 11.3 Å². The summed E-state index contributed by atoms with van der Waals surface area (Å²) in [5, 5.41) is 0. The van der Waals surface area contributed by atoms with Crippen LogP contribution in [0.4, 0.5) is 18.9 Å². The number of piperidine rings is 1. The van der Waals surface area contributed by atoms with Gasteiger partial charge in [0.1, 0.15) is 0 Å². The molecule has 2 aromatic rings. The molecule has 0 N–H and O–H groups in total. The van der Waals surface area contributed by atoms with Crippen molar-refractivity contribution in [1.82, 2.24) is 9.80 Å². The lowest BCUT2D eigenvalue weighted by molar-refractivity contribution is -0.133.